The molecule has 0 saturated heterocycles. The summed E-state index contributed by atoms with van der Waals surface area (Å²) in [5.41, 5.74) is 7.04. The number of nitrogen functional groups attached to an aromatic ring is 1. The minimum atomic E-state index is 0.869. The lowest BCUT2D eigenvalue weighted by Gasteiger charge is -2.11. The smallest absolute Gasteiger partial charge is 0.0533 e. The van der Waals surface area contributed by atoms with Crippen molar-refractivity contribution in [1.29, 1.82) is 0 Å². The molecule has 0 aliphatic carbocycles. The van der Waals surface area contributed by atoms with Crippen LogP contribution in [-0.4, -0.2) is 36.3 Å². The van der Waals surface area contributed by atoms with Crippen molar-refractivity contribution in [2.45, 2.75) is 4.90 Å². The molecule has 0 aliphatic heterocycles. The van der Waals surface area contributed by atoms with E-state index in [4.69, 9.17) is 5.73 Å². The molecule has 0 radical (unpaired) electrons. The van der Waals surface area contributed by atoms with Gasteiger partial charge in [0.1, 0.15) is 0 Å². The van der Waals surface area contributed by atoms with Crippen molar-refractivity contribution in [2.24, 2.45) is 0 Å². The summed E-state index contributed by atoms with van der Waals surface area (Å²) >= 11 is 1.80. The summed E-state index contributed by atoms with van der Waals surface area (Å²) in [5, 5.41) is 2.19. The van der Waals surface area contributed by atoms with E-state index in [9.17, 15) is 0 Å². The summed E-state index contributed by atoms with van der Waals surface area (Å²) in [6.07, 6.45) is 3.63. The van der Waals surface area contributed by atoms with Gasteiger partial charge < -0.3 is 10.6 Å². The Morgan fingerprint density at radius 2 is 2.12 bits per heavy atom. The number of nitrogens with zero attached hydrogens (tertiary/aromatic N) is 2. The number of thioether (sulfide) groups is 1. The Bertz CT molecular complexity index is 511. The quantitative estimate of drug-likeness (QED) is 0.666. The van der Waals surface area contributed by atoms with E-state index in [0.717, 1.165) is 33.7 Å². The van der Waals surface area contributed by atoms with Gasteiger partial charge in [-0.1, -0.05) is 6.07 Å². The van der Waals surface area contributed by atoms with Crippen LogP contribution in [0.25, 0.3) is 10.8 Å². The molecule has 3 nitrogen and oxygen atoms in total. The molecule has 1 heterocycles. The SMILES string of the molecule is CN(C)CCSc1ccc2cnccc2c1N. The number of nitrogens with two attached hydrogens (primary N) is 1. The van der Waals surface area contributed by atoms with Gasteiger partial charge in [0.05, 0.1) is 5.69 Å². The zero-order chi connectivity index (χ0) is 12.3. The number of pyridine rings is 1. The van der Waals surface area contributed by atoms with Crippen LogP contribution in [0.5, 0.6) is 0 Å². The fourth-order valence-corrected chi connectivity index (χ4v) is 2.74. The van der Waals surface area contributed by atoms with Gasteiger partial charge >= 0.3 is 0 Å². The Labute approximate surface area is 106 Å². The molecule has 2 rings (SSSR count). The van der Waals surface area contributed by atoms with Crippen molar-refractivity contribution in [3.63, 3.8) is 0 Å². The molecule has 2 N–H and O–H groups in total. The van der Waals surface area contributed by atoms with Crippen molar-refractivity contribution >= 4 is 28.2 Å². The predicted octanol–water partition coefficient (Wildman–Crippen LogP) is 2.47. The first-order valence-corrected chi connectivity index (χ1v) is 6.57. The van der Waals surface area contributed by atoms with Crippen LogP contribution in [0.2, 0.25) is 0 Å². The maximum absolute atomic E-state index is 6.17. The Kier molecular flexibility index (Phi) is 3.86. The van der Waals surface area contributed by atoms with Crippen molar-refractivity contribution in [2.75, 3.05) is 32.1 Å². The summed E-state index contributed by atoms with van der Waals surface area (Å²) in [5.74, 6) is 1.05. The number of hydrogen-bond acceptors (Lipinski definition) is 4. The lowest BCUT2D eigenvalue weighted by atomic mass is 10.1. The third kappa shape index (κ3) is 2.90. The lowest BCUT2D eigenvalue weighted by molar-refractivity contribution is 0.437. The number of hydrogen-bond donors (Lipinski definition) is 1. The summed E-state index contributed by atoms with van der Waals surface area (Å²) in [7, 11) is 4.16. The van der Waals surface area contributed by atoms with E-state index in [1.165, 1.54) is 0 Å². The highest BCUT2D eigenvalue weighted by Crippen LogP contribution is 2.31. The Morgan fingerprint density at radius 1 is 1.29 bits per heavy atom. The molecule has 0 saturated carbocycles. The third-order valence-corrected chi connectivity index (χ3v) is 3.67. The van der Waals surface area contributed by atoms with E-state index in [-0.39, 0.29) is 0 Å². The maximum atomic E-state index is 6.17. The topological polar surface area (TPSA) is 42.2 Å². The molecule has 0 bridgehead atoms. The molecule has 0 atom stereocenters. The maximum Gasteiger partial charge on any atom is 0.0533 e. The average Bonchev–Trinajstić information content (AvgIpc) is 2.32. The second-order valence-electron chi connectivity index (χ2n) is 4.23. The van der Waals surface area contributed by atoms with E-state index in [2.05, 4.69) is 36.1 Å². The molecule has 2 aromatic rings. The van der Waals surface area contributed by atoms with E-state index in [1.807, 2.05) is 12.3 Å². The van der Waals surface area contributed by atoms with Crippen LogP contribution in [0, 0.1) is 0 Å². The largest absolute Gasteiger partial charge is 0.397 e. The van der Waals surface area contributed by atoms with E-state index < -0.39 is 0 Å². The van der Waals surface area contributed by atoms with Gasteiger partial charge in [-0.2, -0.15) is 0 Å². The molecule has 17 heavy (non-hydrogen) atoms. The molecular formula is C13H17N3S. The Balaban J connectivity index is 2.21. The van der Waals surface area contributed by atoms with Crippen LogP contribution in [0.4, 0.5) is 5.69 Å². The summed E-state index contributed by atoms with van der Waals surface area (Å²) in [6, 6.07) is 6.14. The van der Waals surface area contributed by atoms with Crippen molar-refractivity contribution < 1.29 is 0 Å². The predicted molar refractivity (Wildman–Crippen MR) is 75.4 cm³/mol. The molecule has 0 unspecified atom stereocenters. The highest BCUT2D eigenvalue weighted by atomic mass is 32.2. The molecule has 0 spiro atoms. The highest BCUT2D eigenvalue weighted by molar-refractivity contribution is 7.99. The first kappa shape index (κ1) is 12.2. The zero-order valence-electron chi connectivity index (χ0n) is 10.2. The first-order chi connectivity index (χ1) is 8.18. The number of aromatic nitrogens is 1. The van der Waals surface area contributed by atoms with Crippen molar-refractivity contribution in [3.05, 3.63) is 30.6 Å². The van der Waals surface area contributed by atoms with Crippen LogP contribution in [0.15, 0.2) is 35.5 Å². The van der Waals surface area contributed by atoms with Crippen LogP contribution in [0.1, 0.15) is 0 Å². The fourth-order valence-electron chi connectivity index (χ4n) is 1.64. The number of fused-ring (bicyclic) bond motifs is 1. The minimum absolute atomic E-state index is 0.869. The van der Waals surface area contributed by atoms with Crippen LogP contribution >= 0.6 is 11.8 Å². The summed E-state index contributed by atoms with van der Waals surface area (Å²) in [4.78, 5) is 7.43. The molecule has 90 valence electrons. The van der Waals surface area contributed by atoms with Gasteiger partial charge in [0, 0.05) is 40.4 Å². The molecular weight excluding hydrogens is 230 g/mol. The van der Waals surface area contributed by atoms with Gasteiger partial charge in [-0.15, -0.1) is 11.8 Å². The fraction of sp³-hybridized carbons (Fsp3) is 0.308. The summed E-state index contributed by atoms with van der Waals surface area (Å²) < 4.78 is 0. The third-order valence-electron chi connectivity index (χ3n) is 2.62. The molecule has 0 amide bonds. The zero-order valence-corrected chi connectivity index (χ0v) is 11.0. The molecule has 1 aromatic carbocycles. The van der Waals surface area contributed by atoms with E-state index in [1.54, 1.807) is 18.0 Å². The standard InChI is InChI=1S/C13H17N3S/c1-16(2)7-8-17-12-4-3-10-9-15-6-5-11(10)13(12)14/h3-6,9H,7-8,14H2,1-2H3. The lowest BCUT2D eigenvalue weighted by Crippen LogP contribution is -2.14. The van der Waals surface area contributed by atoms with Gasteiger partial charge in [-0.25, -0.2) is 0 Å². The minimum Gasteiger partial charge on any atom is -0.397 e. The van der Waals surface area contributed by atoms with Gasteiger partial charge in [-0.05, 0) is 26.2 Å². The van der Waals surface area contributed by atoms with E-state index in [0.29, 0.717) is 0 Å². The Morgan fingerprint density at radius 3 is 2.88 bits per heavy atom. The molecule has 0 fully saturated rings. The normalized spacial score (nSPS) is 11.2. The highest BCUT2D eigenvalue weighted by Gasteiger charge is 2.04. The molecule has 1 aromatic heterocycles. The monoisotopic (exact) mass is 247 g/mol. The summed E-state index contributed by atoms with van der Waals surface area (Å²) in [6.45, 7) is 1.05. The molecule has 0 aliphatic rings. The van der Waals surface area contributed by atoms with Crippen LogP contribution in [0.3, 0.4) is 0 Å². The second-order valence-corrected chi connectivity index (χ2v) is 5.36. The average molecular weight is 247 g/mol. The van der Waals surface area contributed by atoms with E-state index >= 15 is 0 Å². The molecule has 4 heteroatoms. The number of rotatable bonds is 4. The second kappa shape index (κ2) is 5.38. The number of anilines is 1. The van der Waals surface area contributed by atoms with Crippen LogP contribution in [-0.2, 0) is 0 Å². The first-order valence-electron chi connectivity index (χ1n) is 5.58. The van der Waals surface area contributed by atoms with Gasteiger partial charge in [0.15, 0.2) is 0 Å². The van der Waals surface area contributed by atoms with Gasteiger partial charge in [0.25, 0.3) is 0 Å². The van der Waals surface area contributed by atoms with Crippen LogP contribution < -0.4 is 5.73 Å². The number of benzene rings is 1. The Hall–Kier alpha value is -1.26. The van der Waals surface area contributed by atoms with Gasteiger partial charge in [0.2, 0.25) is 0 Å². The van der Waals surface area contributed by atoms with Crippen molar-refractivity contribution in [1.82, 2.24) is 9.88 Å². The van der Waals surface area contributed by atoms with Gasteiger partial charge in [-0.3, -0.25) is 4.98 Å². The van der Waals surface area contributed by atoms with Crippen molar-refractivity contribution in [3.8, 4) is 0 Å².